The third kappa shape index (κ3) is 6.20. The predicted octanol–water partition coefficient (Wildman–Crippen LogP) is 3.91. The minimum absolute atomic E-state index is 0. The van der Waals surface area contributed by atoms with Crippen LogP contribution in [0.3, 0.4) is 0 Å². The van der Waals surface area contributed by atoms with Crippen LogP contribution in [0.25, 0.3) is 11.0 Å². The van der Waals surface area contributed by atoms with E-state index in [1.165, 1.54) is 5.56 Å². The van der Waals surface area contributed by atoms with Gasteiger partial charge in [0.05, 0.1) is 11.0 Å². The third-order valence-corrected chi connectivity index (χ3v) is 5.78. The normalized spacial score (nSPS) is 15.6. The molecule has 0 amide bonds. The van der Waals surface area contributed by atoms with Crippen LogP contribution in [0.15, 0.2) is 59.6 Å². The number of likely N-dealkylation sites (tertiary alicyclic amines) is 1. The van der Waals surface area contributed by atoms with Crippen molar-refractivity contribution in [2.24, 2.45) is 12.0 Å². The molecule has 2 aromatic carbocycles. The van der Waals surface area contributed by atoms with Crippen LogP contribution in [0.2, 0.25) is 0 Å². The quantitative estimate of drug-likeness (QED) is 0.287. The van der Waals surface area contributed by atoms with E-state index >= 15 is 0 Å². The number of aryl methyl sites for hydroxylation is 1. The van der Waals surface area contributed by atoms with Crippen LogP contribution in [-0.2, 0) is 20.1 Å². The van der Waals surface area contributed by atoms with Gasteiger partial charge >= 0.3 is 0 Å². The number of benzene rings is 2. The topological polar surface area (TPSA) is 57.5 Å². The van der Waals surface area contributed by atoms with Crippen LogP contribution in [0.5, 0.6) is 0 Å². The minimum atomic E-state index is 0. The van der Waals surface area contributed by atoms with Crippen LogP contribution in [0.4, 0.5) is 0 Å². The number of fused-ring (bicyclic) bond motifs is 1. The van der Waals surface area contributed by atoms with Crippen molar-refractivity contribution in [1.82, 2.24) is 25.1 Å². The zero-order valence-electron chi connectivity index (χ0n) is 18.4. The SMILES string of the molecule is CCNC(=NCc1nc2ccccc2n1C)NC1CCN(Cc2ccccc2)CC1.I. The average Bonchev–Trinajstić information content (AvgIpc) is 3.10. The van der Waals surface area contributed by atoms with E-state index in [0.29, 0.717) is 12.6 Å². The molecule has 1 aliphatic rings. The molecule has 2 heterocycles. The number of imidazole rings is 1. The Balaban J connectivity index is 0.00000272. The van der Waals surface area contributed by atoms with E-state index in [0.717, 1.165) is 61.8 Å². The summed E-state index contributed by atoms with van der Waals surface area (Å²) in [5, 5.41) is 7.03. The molecule has 1 fully saturated rings. The summed E-state index contributed by atoms with van der Waals surface area (Å²) in [7, 11) is 2.06. The molecule has 0 spiro atoms. The number of aliphatic imine (C=N–C) groups is 1. The number of aromatic nitrogens is 2. The van der Waals surface area contributed by atoms with Crippen molar-refractivity contribution in [3.63, 3.8) is 0 Å². The van der Waals surface area contributed by atoms with Crippen LogP contribution < -0.4 is 10.6 Å². The lowest BCUT2D eigenvalue weighted by molar-refractivity contribution is 0.198. The number of hydrogen-bond acceptors (Lipinski definition) is 3. The zero-order valence-corrected chi connectivity index (χ0v) is 20.8. The molecular formula is C24H33IN6. The lowest BCUT2D eigenvalue weighted by Gasteiger charge is -2.33. The first-order valence-corrected chi connectivity index (χ1v) is 10.9. The van der Waals surface area contributed by atoms with Crippen LogP contribution >= 0.6 is 24.0 Å². The van der Waals surface area contributed by atoms with E-state index in [9.17, 15) is 0 Å². The first-order valence-electron chi connectivity index (χ1n) is 10.9. The molecule has 0 aliphatic carbocycles. The van der Waals surface area contributed by atoms with Crippen molar-refractivity contribution >= 4 is 41.0 Å². The van der Waals surface area contributed by atoms with Crippen molar-refractivity contribution < 1.29 is 0 Å². The summed E-state index contributed by atoms with van der Waals surface area (Å²) in [6, 6.07) is 19.4. The third-order valence-electron chi connectivity index (χ3n) is 5.78. The summed E-state index contributed by atoms with van der Waals surface area (Å²) in [5.74, 6) is 1.86. The maximum Gasteiger partial charge on any atom is 0.191 e. The van der Waals surface area contributed by atoms with Gasteiger partial charge in [-0.05, 0) is 37.5 Å². The summed E-state index contributed by atoms with van der Waals surface area (Å²) in [4.78, 5) is 12.1. The van der Waals surface area contributed by atoms with Crippen LogP contribution in [0, 0.1) is 0 Å². The Hall–Kier alpha value is -2.13. The predicted molar refractivity (Wildman–Crippen MR) is 139 cm³/mol. The molecule has 3 aromatic rings. The summed E-state index contributed by atoms with van der Waals surface area (Å²) >= 11 is 0. The number of piperidine rings is 1. The molecule has 166 valence electrons. The van der Waals surface area contributed by atoms with Gasteiger partial charge in [-0.2, -0.15) is 0 Å². The fourth-order valence-corrected chi connectivity index (χ4v) is 4.08. The van der Waals surface area contributed by atoms with Gasteiger partial charge in [-0.25, -0.2) is 9.98 Å². The Morgan fingerprint density at radius 3 is 2.48 bits per heavy atom. The van der Waals surface area contributed by atoms with Crippen LogP contribution in [0.1, 0.15) is 31.2 Å². The van der Waals surface area contributed by atoms with Gasteiger partial charge in [0.15, 0.2) is 5.96 Å². The van der Waals surface area contributed by atoms with Crippen molar-refractivity contribution in [1.29, 1.82) is 0 Å². The van der Waals surface area contributed by atoms with E-state index < -0.39 is 0 Å². The summed E-state index contributed by atoms with van der Waals surface area (Å²) in [6.07, 6.45) is 2.26. The molecule has 31 heavy (non-hydrogen) atoms. The lowest BCUT2D eigenvalue weighted by atomic mass is 10.0. The van der Waals surface area contributed by atoms with Gasteiger partial charge in [0.25, 0.3) is 0 Å². The fourth-order valence-electron chi connectivity index (χ4n) is 4.08. The number of hydrogen-bond donors (Lipinski definition) is 2. The molecule has 1 aromatic heterocycles. The highest BCUT2D eigenvalue weighted by atomic mass is 127. The molecule has 1 saturated heterocycles. The molecule has 7 heteroatoms. The van der Waals surface area contributed by atoms with Crippen LogP contribution in [-0.4, -0.2) is 46.1 Å². The van der Waals surface area contributed by atoms with Gasteiger partial charge < -0.3 is 15.2 Å². The molecule has 4 rings (SSSR count). The molecule has 0 atom stereocenters. The summed E-state index contributed by atoms with van der Waals surface area (Å²) < 4.78 is 2.13. The largest absolute Gasteiger partial charge is 0.357 e. The highest BCUT2D eigenvalue weighted by Crippen LogP contribution is 2.16. The Kier molecular flexibility index (Phi) is 8.71. The van der Waals surface area contributed by atoms with E-state index in [-0.39, 0.29) is 24.0 Å². The van der Waals surface area contributed by atoms with Gasteiger partial charge in [0.1, 0.15) is 12.4 Å². The van der Waals surface area contributed by atoms with Crippen molar-refractivity contribution in [3.05, 3.63) is 66.0 Å². The van der Waals surface area contributed by atoms with Crippen molar-refractivity contribution in [2.75, 3.05) is 19.6 Å². The molecule has 0 radical (unpaired) electrons. The van der Waals surface area contributed by atoms with Gasteiger partial charge in [-0.3, -0.25) is 4.90 Å². The molecule has 2 N–H and O–H groups in total. The van der Waals surface area contributed by atoms with E-state index in [1.807, 2.05) is 12.1 Å². The molecule has 1 aliphatic heterocycles. The Bertz CT molecular complexity index is 976. The van der Waals surface area contributed by atoms with E-state index in [4.69, 9.17) is 9.98 Å². The van der Waals surface area contributed by atoms with Gasteiger partial charge in [0, 0.05) is 39.3 Å². The Morgan fingerprint density at radius 2 is 1.77 bits per heavy atom. The molecule has 0 unspecified atom stereocenters. The number of nitrogens with one attached hydrogen (secondary N) is 2. The monoisotopic (exact) mass is 532 g/mol. The van der Waals surface area contributed by atoms with Gasteiger partial charge in [-0.15, -0.1) is 24.0 Å². The fraction of sp³-hybridized carbons (Fsp3) is 0.417. The second kappa shape index (κ2) is 11.5. The molecule has 6 nitrogen and oxygen atoms in total. The molecular weight excluding hydrogens is 499 g/mol. The van der Waals surface area contributed by atoms with Gasteiger partial charge in [-0.1, -0.05) is 42.5 Å². The van der Waals surface area contributed by atoms with E-state index in [2.05, 4.69) is 76.5 Å². The number of halogens is 1. The molecule has 0 saturated carbocycles. The number of rotatable bonds is 6. The zero-order chi connectivity index (χ0) is 20.8. The minimum Gasteiger partial charge on any atom is -0.357 e. The van der Waals surface area contributed by atoms with E-state index in [1.54, 1.807) is 0 Å². The van der Waals surface area contributed by atoms with Gasteiger partial charge in [0.2, 0.25) is 0 Å². The maximum atomic E-state index is 4.82. The maximum absolute atomic E-state index is 4.82. The lowest BCUT2D eigenvalue weighted by Crippen LogP contribution is -2.48. The van der Waals surface area contributed by atoms with Crippen molar-refractivity contribution in [3.8, 4) is 0 Å². The number of guanidine groups is 1. The second-order valence-electron chi connectivity index (χ2n) is 7.95. The average molecular weight is 532 g/mol. The number of para-hydroxylation sites is 2. The number of nitrogens with zero attached hydrogens (tertiary/aromatic N) is 4. The summed E-state index contributed by atoms with van der Waals surface area (Å²) in [5.41, 5.74) is 3.56. The second-order valence-corrected chi connectivity index (χ2v) is 7.95. The first-order chi connectivity index (χ1) is 14.7. The smallest absolute Gasteiger partial charge is 0.191 e. The Labute approximate surface area is 202 Å². The standard InChI is InChI=1S/C24H32N6.HI/c1-3-25-24(26-17-23-28-21-11-7-8-12-22(21)29(23)2)27-20-13-15-30(16-14-20)18-19-9-5-4-6-10-19;/h4-12,20H,3,13-18H2,1-2H3,(H2,25,26,27);1H. The Morgan fingerprint density at radius 1 is 1.06 bits per heavy atom. The first kappa shape index (κ1) is 23.5. The highest BCUT2D eigenvalue weighted by Gasteiger charge is 2.20. The highest BCUT2D eigenvalue weighted by molar-refractivity contribution is 14.0. The van der Waals surface area contributed by atoms with Crippen molar-refractivity contribution in [2.45, 2.75) is 38.9 Å². The molecule has 0 bridgehead atoms. The summed E-state index contributed by atoms with van der Waals surface area (Å²) in [6.45, 7) is 6.77.